The van der Waals surface area contributed by atoms with E-state index in [2.05, 4.69) is 6.58 Å². The fourth-order valence-corrected chi connectivity index (χ4v) is 0.711. The Morgan fingerprint density at radius 3 is 2.80 bits per heavy atom. The Hall–Kier alpha value is -0.340. The maximum absolute atomic E-state index is 9.60. The maximum Gasteiger partial charge on any atom is 0.116 e. The molecule has 1 fully saturated rings. The van der Waals surface area contributed by atoms with E-state index < -0.39 is 31.5 Å². The molecule has 0 aromatic rings. The van der Waals surface area contributed by atoms with Crippen molar-refractivity contribution in [1.82, 2.24) is 0 Å². The smallest absolute Gasteiger partial charge is 0.116 e. The largest absolute Gasteiger partial charge is 0.386 e. The van der Waals surface area contributed by atoms with E-state index in [0.717, 1.165) is 0 Å². The molecule has 58 valence electrons. The lowest BCUT2D eigenvalue weighted by molar-refractivity contribution is 0.167. The topological polar surface area (TPSA) is 32.8 Å². The molecule has 1 rings (SSSR count). The molecule has 0 aromatic heterocycles. The van der Waals surface area contributed by atoms with Crippen LogP contribution in [0.15, 0.2) is 12.2 Å². The summed E-state index contributed by atoms with van der Waals surface area (Å²) in [5.74, 6) is 0. The molecule has 1 saturated heterocycles. The summed E-state index contributed by atoms with van der Waals surface area (Å²) < 4.78 is 48.2. The van der Waals surface area contributed by atoms with E-state index in [0.29, 0.717) is 0 Å². The average molecular weight is 148 g/mol. The Bertz CT molecular complexity index is 291. The van der Waals surface area contributed by atoms with Crippen LogP contribution in [0.3, 0.4) is 0 Å². The van der Waals surface area contributed by atoms with Gasteiger partial charge in [-0.3, -0.25) is 0 Å². The molecule has 1 aliphatic rings. The lowest BCUT2D eigenvalue weighted by Gasteiger charge is -2.06. The molecule has 0 spiro atoms. The summed E-state index contributed by atoms with van der Waals surface area (Å²) in [5.41, 5.74) is -1.99. The molecule has 0 aromatic carbocycles. The van der Waals surface area contributed by atoms with Crippen LogP contribution in [0.1, 0.15) is 28.9 Å². The zero-order chi connectivity index (χ0) is 12.9. The second kappa shape index (κ2) is 2.07. The van der Waals surface area contributed by atoms with E-state index >= 15 is 0 Å². The van der Waals surface area contributed by atoms with Crippen LogP contribution in [0.5, 0.6) is 0 Å². The van der Waals surface area contributed by atoms with E-state index in [1.165, 1.54) is 6.92 Å². The van der Waals surface area contributed by atoms with E-state index in [1.54, 1.807) is 0 Å². The minimum absolute atomic E-state index is 0.278. The second-order valence-electron chi connectivity index (χ2n) is 2.57. The number of epoxide rings is 1. The van der Waals surface area contributed by atoms with Crippen LogP contribution in [0.2, 0.25) is 0 Å². The molecule has 1 N–H and O–H groups in total. The van der Waals surface area contributed by atoms with Gasteiger partial charge in [0.2, 0.25) is 0 Å². The monoisotopic (exact) mass is 148 g/mol. The van der Waals surface area contributed by atoms with Crippen LogP contribution in [-0.2, 0) is 4.74 Å². The third-order valence-corrected chi connectivity index (χ3v) is 1.45. The predicted molar refractivity (Wildman–Crippen MR) is 39.8 cm³/mol. The number of rotatable bonds is 2. The van der Waals surface area contributed by atoms with Gasteiger partial charge in [0.25, 0.3) is 0 Å². The van der Waals surface area contributed by atoms with Crippen molar-refractivity contribution in [2.45, 2.75) is 38.4 Å². The highest BCUT2D eigenvalue weighted by atomic mass is 16.6. The fraction of sp³-hybridized carbons (Fsp3) is 0.750. The Morgan fingerprint density at radius 2 is 2.50 bits per heavy atom. The maximum atomic E-state index is 9.60. The van der Waals surface area contributed by atoms with Crippen molar-refractivity contribution < 1.29 is 18.1 Å². The number of aliphatic hydroxyl groups is 1. The summed E-state index contributed by atoms with van der Waals surface area (Å²) >= 11 is 0. The summed E-state index contributed by atoms with van der Waals surface area (Å²) in [6.45, 7) is -0.682. The lowest BCUT2D eigenvalue weighted by Crippen LogP contribution is -2.20. The van der Waals surface area contributed by atoms with Crippen molar-refractivity contribution in [2.75, 3.05) is 0 Å². The third-order valence-electron chi connectivity index (χ3n) is 1.45. The molecule has 0 bridgehead atoms. The minimum atomic E-state index is -2.81. The quantitative estimate of drug-likeness (QED) is 0.470. The first-order valence-electron chi connectivity index (χ1n) is 5.96. The van der Waals surface area contributed by atoms with Crippen LogP contribution >= 0.6 is 0 Å². The first kappa shape index (κ1) is 2.95. The molecule has 0 amide bonds. The predicted octanol–water partition coefficient (Wildman–Crippen LogP) is 1.10. The molecule has 10 heavy (non-hydrogen) atoms. The normalized spacial score (nSPS) is 42.8. The van der Waals surface area contributed by atoms with Crippen LogP contribution < -0.4 is 0 Å². The molecule has 2 heteroatoms. The molecule has 1 heterocycles. The number of aliphatic hydroxyl groups excluding tert-OH is 1. The SMILES string of the molecule is [2H]C([2H])([2H])C1(C([2H])([2H])[2H])OC1C(O)C(=C)C. The first-order valence-corrected chi connectivity index (χ1v) is 2.96. The zero-order valence-corrected chi connectivity index (χ0v) is 5.72. The molecule has 2 nitrogen and oxygen atoms in total. The van der Waals surface area contributed by atoms with Gasteiger partial charge in [-0.2, -0.15) is 0 Å². The van der Waals surface area contributed by atoms with Crippen LogP contribution in [0, 0.1) is 0 Å². The minimum Gasteiger partial charge on any atom is -0.386 e. The van der Waals surface area contributed by atoms with Gasteiger partial charge in [0.15, 0.2) is 0 Å². The van der Waals surface area contributed by atoms with Gasteiger partial charge >= 0.3 is 0 Å². The van der Waals surface area contributed by atoms with Gasteiger partial charge in [0.1, 0.15) is 12.2 Å². The molecular formula is C8H14O2. The summed E-state index contributed by atoms with van der Waals surface area (Å²) in [6, 6.07) is 0. The van der Waals surface area contributed by atoms with E-state index in [9.17, 15) is 5.11 Å². The molecule has 1 aliphatic heterocycles. The van der Waals surface area contributed by atoms with Gasteiger partial charge in [-0.15, -0.1) is 0 Å². The zero-order valence-electron chi connectivity index (χ0n) is 11.7. The van der Waals surface area contributed by atoms with Crippen molar-refractivity contribution >= 4 is 0 Å². The van der Waals surface area contributed by atoms with Crippen molar-refractivity contribution in [3.63, 3.8) is 0 Å². The van der Waals surface area contributed by atoms with Gasteiger partial charge in [-0.25, -0.2) is 0 Å². The highest BCUT2D eigenvalue weighted by Gasteiger charge is 2.52. The Balaban J connectivity index is 3.03. The Morgan fingerprint density at radius 1 is 1.90 bits per heavy atom. The van der Waals surface area contributed by atoms with Gasteiger partial charge < -0.3 is 9.84 Å². The highest BCUT2D eigenvalue weighted by Crippen LogP contribution is 2.39. The van der Waals surface area contributed by atoms with Gasteiger partial charge in [0, 0.05) is 8.22 Å². The standard InChI is InChI=1S/C8H14O2/c1-5(2)6(9)7-8(3,4)10-7/h6-7,9H,1H2,2-4H3/i3D3,4D3. The molecular weight excluding hydrogens is 128 g/mol. The second-order valence-corrected chi connectivity index (χ2v) is 2.57. The molecule has 0 aliphatic carbocycles. The first-order chi connectivity index (χ1) is 6.95. The van der Waals surface area contributed by atoms with Crippen LogP contribution in [0.4, 0.5) is 0 Å². The number of ether oxygens (including phenoxy) is 1. The van der Waals surface area contributed by atoms with Gasteiger partial charge in [0.05, 0.1) is 5.60 Å². The van der Waals surface area contributed by atoms with Crippen LogP contribution in [0.25, 0.3) is 0 Å². The van der Waals surface area contributed by atoms with Crippen LogP contribution in [-0.4, -0.2) is 22.9 Å². The summed E-state index contributed by atoms with van der Waals surface area (Å²) in [7, 11) is 0. The average Bonchev–Trinajstić information content (AvgIpc) is 2.74. The molecule has 0 radical (unpaired) electrons. The van der Waals surface area contributed by atoms with Crippen molar-refractivity contribution in [3.8, 4) is 0 Å². The van der Waals surface area contributed by atoms with E-state index in [1.807, 2.05) is 0 Å². The number of hydrogen-bond donors (Lipinski definition) is 1. The summed E-state index contributed by atoms with van der Waals surface area (Å²) in [4.78, 5) is 0. The third kappa shape index (κ3) is 1.22. The van der Waals surface area contributed by atoms with E-state index in [-0.39, 0.29) is 5.57 Å². The van der Waals surface area contributed by atoms with Crippen molar-refractivity contribution in [2.24, 2.45) is 0 Å². The molecule has 2 unspecified atom stereocenters. The molecule has 2 atom stereocenters. The van der Waals surface area contributed by atoms with Crippen molar-refractivity contribution in [1.29, 1.82) is 0 Å². The summed E-state index contributed by atoms with van der Waals surface area (Å²) in [5, 5.41) is 9.60. The Kier molecular flexibility index (Phi) is 0.612. The van der Waals surface area contributed by atoms with Gasteiger partial charge in [-0.1, -0.05) is 6.58 Å². The Labute approximate surface area is 69.9 Å². The van der Waals surface area contributed by atoms with Crippen molar-refractivity contribution in [3.05, 3.63) is 12.2 Å². The number of hydrogen-bond acceptors (Lipinski definition) is 2. The van der Waals surface area contributed by atoms with Gasteiger partial charge in [-0.05, 0) is 26.2 Å². The lowest BCUT2D eigenvalue weighted by atomic mass is 10.0. The highest BCUT2D eigenvalue weighted by molar-refractivity contribution is 5.11. The fourth-order valence-electron chi connectivity index (χ4n) is 0.711. The molecule has 0 saturated carbocycles. The van der Waals surface area contributed by atoms with E-state index in [4.69, 9.17) is 13.0 Å². The summed E-state index contributed by atoms with van der Waals surface area (Å²) in [6.07, 6.45) is -2.52.